The molecule has 1 aromatic heterocycles. The van der Waals surface area contributed by atoms with Crippen LogP contribution in [0.3, 0.4) is 0 Å². The Kier molecular flexibility index (Phi) is 4.52. The Hall–Kier alpha value is -2.42. The Labute approximate surface area is 140 Å². The van der Waals surface area contributed by atoms with Gasteiger partial charge in [-0.3, -0.25) is 9.48 Å². The van der Waals surface area contributed by atoms with Crippen LogP contribution in [-0.4, -0.2) is 22.9 Å². The SMILES string of the molecule is COC(=O)C1CCC(Cn2nc(C)c3cc(C#N)c(F)cc32)CC1. The van der Waals surface area contributed by atoms with Gasteiger partial charge in [0.05, 0.1) is 29.8 Å². The number of fused-ring (bicyclic) bond motifs is 1. The van der Waals surface area contributed by atoms with Gasteiger partial charge in [-0.05, 0) is 44.6 Å². The molecule has 1 aliphatic rings. The van der Waals surface area contributed by atoms with Gasteiger partial charge in [0.15, 0.2) is 0 Å². The minimum Gasteiger partial charge on any atom is -0.469 e. The van der Waals surface area contributed by atoms with Gasteiger partial charge in [0.1, 0.15) is 11.9 Å². The number of methoxy groups -OCH3 is 1. The number of nitriles is 1. The zero-order valence-corrected chi connectivity index (χ0v) is 13.9. The quantitative estimate of drug-likeness (QED) is 0.810. The van der Waals surface area contributed by atoms with E-state index in [0.29, 0.717) is 12.5 Å². The fraction of sp³-hybridized carbons (Fsp3) is 0.500. The molecule has 24 heavy (non-hydrogen) atoms. The number of esters is 1. The van der Waals surface area contributed by atoms with Gasteiger partial charge in [0, 0.05) is 18.0 Å². The summed E-state index contributed by atoms with van der Waals surface area (Å²) in [6, 6.07) is 4.83. The molecule has 0 N–H and O–H groups in total. The number of benzene rings is 1. The van der Waals surface area contributed by atoms with E-state index < -0.39 is 5.82 Å². The summed E-state index contributed by atoms with van der Waals surface area (Å²) in [5, 5.41) is 14.3. The highest BCUT2D eigenvalue weighted by Crippen LogP contribution is 2.32. The zero-order valence-electron chi connectivity index (χ0n) is 13.9. The van der Waals surface area contributed by atoms with Crippen molar-refractivity contribution in [2.24, 2.45) is 11.8 Å². The highest BCUT2D eigenvalue weighted by molar-refractivity contribution is 5.83. The van der Waals surface area contributed by atoms with E-state index in [1.54, 1.807) is 6.07 Å². The van der Waals surface area contributed by atoms with Crippen LogP contribution >= 0.6 is 0 Å². The number of hydrogen-bond acceptors (Lipinski definition) is 4. The molecular weight excluding hydrogens is 309 g/mol. The second-order valence-corrected chi connectivity index (χ2v) is 6.47. The molecule has 3 rings (SSSR count). The Bertz CT molecular complexity index is 814. The van der Waals surface area contributed by atoms with Crippen molar-refractivity contribution in [3.8, 4) is 6.07 Å². The highest BCUT2D eigenvalue weighted by atomic mass is 19.1. The molecule has 126 valence electrons. The van der Waals surface area contributed by atoms with Gasteiger partial charge < -0.3 is 4.74 Å². The van der Waals surface area contributed by atoms with Gasteiger partial charge in [-0.2, -0.15) is 10.4 Å². The molecule has 0 amide bonds. The number of rotatable bonds is 3. The van der Waals surface area contributed by atoms with Crippen molar-refractivity contribution in [2.75, 3.05) is 7.11 Å². The van der Waals surface area contributed by atoms with Crippen molar-refractivity contribution >= 4 is 16.9 Å². The summed E-state index contributed by atoms with van der Waals surface area (Å²) in [5.41, 5.74) is 1.56. The lowest BCUT2D eigenvalue weighted by molar-refractivity contribution is -0.146. The third-order valence-electron chi connectivity index (χ3n) is 4.96. The van der Waals surface area contributed by atoms with Crippen LogP contribution in [0.4, 0.5) is 4.39 Å². The summed E-state index contributed by atoms with van der Waals surface area (Å²) in [4.78, 5) is 11.6. The van der Waals surface area contributed by atoms with Crippen LogP contribution in [-0.2, 0) is 16.1 Å². The molecule has 1 aliphatic carbocycles. The first-order valence-corrected chi connectivity index (χ1v) is 8.18. The summed E-state index contributed by atoms with van der Waals surface area (Å²) in [7, 11) is 1.43. The number of ether oxygens (including phenoxy) is 1. The predicted molar refractivity (Wildman–Crippen MR) is 86.6 cm³/mol. The van der Waals surface area contributed by atoms with Crippen LogP contribution in [0.1, 0.15) is 36.9 Å². The fourth-order valence-electron chi connectivity index (χ4n) is 3.57. The molecule has 0 aliphatic heterocycles. The van der Waals surface area contributed by atoms with E-state index in [4.69, 9.17) is 10.00 Å². The van der Waals surface area contributed by atoms with Crippen molar-refractivity contribution < 1.29 is 13.9 Å². The first-order chi connectivity index (χ1) is 11.5. The van der Waals surface area contributed by atoms with E-state index in [-0.39, 0.29) is 17.5 Å². The van der Waals surface area contributed by atoms with Crippen LogP contribution in [0.15, 0.2) is 12.1 Å². The third-order valence-corrected chi connectivity index (χ3v) is 4.96. The maximum absolute atomic E-state index is 14.0. The molecular formula is C18H20FN3O2. The largest absolute Gasteiger partial charge is 0.469 e. The minimum absolute atomic E-state index is 0.00187. The smallest absolute Gasteiger partial charge is 0.308 e. The van der Waals surface area contributed by atoms with E-state index in [9.17, 15) is 9.18 Å². The van der Waals surface area contributed by atoms with Crippen molar-refractivity contribution in [3.05, 3.63) is 29.2 Å². The zero-order chi connectivity index (χ0) is 17.3. The highest BCUT2D eigenvalue weighted by Gasteiger charge is 2.27. The van der Waals surface area contributed by atoms with Gasteiger partial charge in [-0.15, -0.1) is 0 Å². The lowest BCUT2D eigenvalue weighted by atomic mass is 9.82. The number of halogens is 1. The second kappa shape index (κ2) is 6.60. The standard InChI is InChI=1S/C18H20FN3O2/c1-11-15-7-14(9-20)16(19)8-17(15)22(21-11)10-12-3-5-13(6-4-12)18(23)24-2/h7-8,12-13H,3-6,10H2,1-2H3. The van der Waals surface area contributed by atoms with Gasteiger partial charge >= 0.3 is 5.97 Å². The molecule has 0 saturated heterocycles. The van der Waals surface area contributed by atoms with Crippen LogP contribution in [0.5, 0.6) is 0 Å². The van der Waals surface area contributed by atoms with Gasteiger partial charge in [0.25, 0.3) is 0 Å². The van der Waals surface area contributed by atoms with Gasteiger partial charge in [-0.25, -0.2) is 4.39 Å². The summed E-state index contributed by atoms with van der Waals surface area (Å²) in [5.74, 6) is -0.231. The summed E-state index contributed by atoms with van der Waals surface area (Å²) >= 11 is 0. The molecule has 0 unspecified atom stereocenters. The van der Waals surface area contributed by atoms with Crippen molar-refractivity contribution in [2.45, 2.75) is 39.2 Å². The van der Waals surface area contributed by atoms with Crippen LogP contribution < -0.4 is 0 Å². The Morgan fingerprint density at radius 1 is 1.42 bits per heavy atom. The number of aromatic nitrogens is 2. The molecule has 6 heteroatoms. The van der Waals surface area contributed by atoms with Crippen LogP contribution in [0.2, 0.25) is 0 Å². The predicted octanol–water partition coefficient (Wildman–Crippen LogP) is 3.33. The van der Waals surface area contributed by atoms with E-state index >= 15 is 0 Å². The van der Waals surface area contributed by atoms with E-state index in [1.807, 2.05) is 17.7 Å². The van der Waals surface area contributed by atoms with Gasteiger partial charge in [0.2, 0.25) is 0 Å². The monoisotopic (exact) mass is 329 g/mol. The molecule has 0 spiro atoms. The lowest BCUT2D eigenvalue weighted by Crippen LogP contribution is -2.25. The van der Waals surface area contributed by atoms with E-state index in [0.717, 1.165) is 42.3 Å². The number of aryl methyl sites for hydroxylation is 1. The molecule has 1 saturated carbocycles. The molecule has 1 aromatic carbocycles. The summed E-state index contributed by atoms with van der Waals surface area (Å²) < 4.78 is 20.6. The van der Waals surface area contributed by atoms with Crippen molar-refractivity contribution in [1.82, 2.24) is 9.78 Å². The molecule has 1 fully saturated rings. The minimum atomic E-state index is -0.513. The second-order valence-electron chi connectivity index (χ2n) is 6.47. The maximum Gasteiger partial charge on any atom is 0.308 e. The Balaban J connectivity index is 1.78. The fourth-order valence-corrected chi connectivity index (χ4v) is 3.57. The molecule has 0 radical (unpaired) electrons. The van der Waals surface area contributed by atoms with Crippen LogP contribution in [0, 0.1) is 35.9 Å². The molecule has 0 atom stereocenters. The van der Waals surface area contributed by atoms with Crippen molar-refractivity contribution in [1.29, 1.82) is 5.26 Å². The van der Waals surface area contributed by atoms with E-state index in [2.05, 4.69) is 5.10 Å². The topological polar surface area (TPSA) is 67.9 Å². The number of carbonyl (C=O) groups is 1. The normalized spacial score (nSPS) is 20.8. The first kappa shape index (κ1) is 16.4. The Morgan fingerprint density at radius 3 is 2.75 bits per heavy atom. The third kappa shape index (κ3) is 2.99. The number of carbonyl (C=O) groups excluding carboxylic acids is 1. The van der Waals surface area contributed by atoms with Gasteiger partial charge in [-0.1, -0.05) is 0 Å². The molecule has 5 nitrogen and oxygen atoms in total. The lowest BCUT2D eigenvalue weighted by Gasteiger charge is -2.26. The molecule has 1 heterocycles. The summed E-state index contributed by atoms with van der Waals surface area (Å²) in [6.45, 7) is 2.57. The molecule has 0 bridgehead atoms. The maximum atomic E-state index is 14.0. The molecule has 2 aromatic rings. The average molecular weight is 329 g/mol. The first-order valence-electron chi connectivity index (χ1n) is 8.18. The van der Waals surface area contributed by atoms with E-state index in [1.165, 1.54) is 13.2 Å². The van der Waals surface area contributed by atoms with Crippen molar-refractivity contribution in [3.63, 3.8) is 0 Å². The summed E-state index contributed by atoms with van der Waals surface area (Å²) in [6.07, 6.45) is 3.50. The number of nitrogens with zero attached hydrogens (tertiary/aromatic N) is 3. The Morgan fingerprint density at radius 2 is 2.12 bits per heavy atom. The average Bonchev–Trinajstić information content (AvgIpc) is 2.89. The van der Waals surface area contributed by atoms with Crippen LogP contribution in [0.25, 0.3) is 10.9 Å². The number of hydrogen-bond donors (Lipinski definition) is 0.